The zero-order valence-corrected chi connectivity index (χ0v) is 16.9. The first-order valence-electron chi connectivity index (χ1n) is 7.52. The first-order chi connectivity index (χ1) is 12.8. The van der Waals surface area contributed by atoms with Crippen molar-refractivity contribution in [1.29, 1.82) is 0 Å². The van der Waals surface area contributed by atoms with Crippen LogP contribution < -0.4 is 15.0 Å². The van der Waals surface area contributed by atoms with Gasteiger partial charge in [0.15, 0.2) is 0 Å². The van der Waals surface area contributed by atoms with Gasteiger partial charge in [-0.05, 0) is 58.4 Å². The van der Waals surface area contributed by atoms with Crippen molar-refractivity contribution < 1.29 is 23.5 Å². The van der Waals surface area contributed by atoms with Crippen molar-refractivity contribution in [1.82, 2.24) is 5.32 Å². The van der Waals surface area contributed by atoms with E-state index in [4.69, 9.17) is 4.74 Å². The Morgan fingerprint density at radius 3 is 2.41 bits per heavy atom. The molecule has 27 heavy (non-hydrogen) atoms. The molecule has 2 aromatic carbocycles. The summed E-state index contributed by atoms with van der Waals surface area (Å²) >= 11 is 6.68. The molecule has 1 saturated heterocycles. The summed E-state index contributed by atoms with van der Waals surface area (Å²) in [6, 6.07) is 7.28. The second-order valence-electron chi connectivity index (χ2n) is 5.44. The number of amides is 4. The van der Waals surface area contributed by atoms with Crippen LogP contribution in [0.25, 0.3) is 6.08 Å². The minimum absolute atomic E-state index is 0.139. The number of benzene rings is 2. The minimum Gasteiger partial charge on any atom is -0.495 e. The average Bonchev–Trinajstić information content (AvgIpc) is 2.59. The van der Waals surface area contributed by atoms with Crippen molar-refractivity contribution in [2.24, 2.45) is 0 Å². The molecule has 1 aliphatic heterocycles. The molecule has 0 aliphatic carbocycles. The molecule has 1 aliphatic rings. The van der Waals surface area contributed by atoms with Gasteiger partial charge in [-0.1, -0.05) is 15.9 Å². The van der Waals surface area contributed by atoms with E-state index in [1.165, 1.54) is 25.3 Å². The van der Waals surface area contributed by atoms with E-state index in [1.54, 1.807) is 12.1 Å². The molecule has 0 radical (unpaired) electrons. The number of nitrogens with one attached hydrogen (secondary N) is 1. The topological polar surface area (TPSA) is 75.7 Å². The van der Waals surface area contributed by atoms with Crippen LogP contribution in [0.3, 0.4) is 0 Å². The SMILES string of the molecule is COc1c(Br)cc(Br)cc1/C=C1\C(=O)NC(=O)N(c2ccc(F)cc2)C1=O. The number of halogens is 3. The molecule has 0 unspecified atom stereocenters. The monoisotopic (exact) mass is 496 g/mol. The lowest BCUT2D eigenvalue weighted by atomic mass is 10.1. The number of nitrogens with zero attached hydrogens (tertiary/aromatic N) is 1. The molecule has 1 N–H and O–H groups in total. The van der Waals surface area contributed by atoms with Crippen LogP contribution in [0.2, 0.25) is 0 Å². The third-order valence-electron chi connectivity index (χ3n) is 3.73. The lowest BCUT2D eigenvalue weighted by Gasteiger charge is -2.26. The average molecular weight is 498 g/mol. The van der Waals surface area contributed by atoms with Gasteiger partial charge in [0, 0.05) is 10.0 Å². The second kappa shape index (κ2) is 7.61. The number of rotatable bonds is 3. The molecule has 0 atom stereocenters. The summed E-state index contributed by atoms with van der Waals surface area (Å²) in [7, 11) is 1.45. The van der Waals surface area contributed by atoms with Crippen molar-refractivity contribution in [3.63, 3.8) is 0 Å². The fourth-order valence-corrected chi connectivity index (χ4v) is 3.96. The number of carbonyl (C=O) groups is 3. The maximum atomic E-state index is 13.1. The Balaban J connectivity index is 2.09. The van der Waals surface area contributed by atoms with E-state index in [0.717, 1.165) is 17.0 Å². The highest BCUT2D eigenvalue weighted by atomic mass is 79.9. The third-order valence-corrected chi connectivity index (χ3v) is 4.77. The summed E-state index contributed by atoms with van der Waals surface area (Å²) < 4.78 is 19.8. The van der Waals surface area contributed by atoms with Crippen molar-refractivity contribution in [3.05, 3.63) is 62.3 Å². The molecule has 9 heteroatoms. The van der Waals surface area contributed by atoms with Crippen LogP contribution in [-0.2, 0) is 9.59 Å². The Labute approximate surface area is 170 Å². The highest BCUT2D eigenvalue weighted by Gasteiger charge is 2.37. The van der Waals surface area contributed by atoms with E-state index in [9.17, 15) is 18.8 Å². The van der Waals surface area contributed by atoms with Gasteiger partial charge in [0.05, 0.1) is 17.3 Å². The Kier molecular flexibility index (Phi) is 5.43. The molecule has 6 nitrogen and oxygen atoms in total. The Bertz CT molecular complexity index is 990. The van der Waals surface area contributed by atoms with Gasteiger partial charge in [-0.2, -0.15) is 0 Å². The summed E-state index contributed by atoms with van der Waals surface area (Å²) in [5, 5.41) is 2.11. The number of anilines is 1. The summed E-state index contributed by atoms with van der Waals surface area (Å²) in [5.74, 6) is -1.76. The van der Waals surface area contributed by atoms with Crippen molar-refractivity contribution in [2.45, 2.75) is 0 Å². The number of hydrogen-bond donors (Lipinski definition) is 1. The lowest BCUT2D eigenvalue weighted by Crippen LogP contribution is -2.54. The molecule has 1 heterocycles. The van der Waals surface area contributed by atoms with E-state index in [1.807, 2.05) is 0 Å². The number of ether oxygens (including phenoxy) is 1. The van der Waals surface area contributed by atoms with Crippen LogP contribution in [0.15, 0.2) is 50.9 Å². The molecule has 3 rings (SSSR count). The van der Waals surface area contributed by atoms with Crippen molar-refractivity contribution in [2.75, 3.05) is 12.0 Å². The van der Waals surface area contributed by atoms with Gasteiger partial charge < -0.3 is 4.74 Å². The molecule has 1 fully saturated rings. The smallest absolute Gasteiger partial charge is 0.335 e. The molecule has 2 aromatic rings. The Morgan fingerprint density at radius 1 is 1.11 bits per heavy atom. The second-order valence-corrected chi connectivity index (χ2v) is 7.21. The van der Waals surface area contributed by atoms with E-state index in [2.05, 4.69) is 37.2 Å². The van der Waals surface area contributed by atoms with Gasteiger partial charge in [-0.15, -0.1) is 0 Å². The Morgan fingerprint density at radius 2 is 1.78 bits per heavy atom. The largest absolute Gasteiger partial charge is 0.495 e. The van der Waals surface area contributed by atoms with Crippen LogP contribution in [0, 0.1) is 5.82 Å². The highest BCUT2D eigenvalue weighted by molar-refractivity contribution is 9.11. The molecule has 0 bridgehead atoms. The van der Waals surface area contributed by atoms with Gasteiger partial charge >= 0.3 is 6.03 Å². The third kappa shape index (κ3) is 3.79. The van der Waals surface area contributed by atoms with Gasteiger partial charge in [0.2, 0.25) is 0 Å². The zero-order valence-electron chi connectivity index (χ0n) is 13.8. The van der Waals surface area contributed by atoms with E-state index in [0.29, 0.717) is 20.3 Å². The van der Waals surface area contributed by atoms with Crippen LogP contribution >= 0.6 is 31.9 Å². The molecular formula is C18H11Br2FN2O4. The molecule has 4 amide bonds. The van der Waals surface area contributed by atoms with Crippen LogP contribution in [0.1, 0.15) is 5.56 Å². The summed E-state index contributed by atoms with van der Waals surface area (Å²) in [5.41, 5.74) is 0.326. The quantitative estimate of drug-likeness (QED) is 0.513. The first-order valence-corrected chi connectivity index (χ1v) is 9.10. The fourth-order valence-electron chi connectivity index (χ4n) is 2.54. The maximum Gasteiger partial charge on any atom is 0.335 e. The summed E-state index contributed by atoms with van der Waals surface area (Å²) in [4.78, 5) is 38.0. The van der Waals surface area contributed by atoms with Gasteiger partial charge in [0.1, 0.15) is 17.1 Å². The summed E-state index contributed by atoms with van der Waals surface area (Å²) in [6.07, 6.45) is 1.33. The molecule has 0 spiro atoms. The standard InChI is InChI=1S/C18H11Br2FN2O4/c1-27-15-9(6-10(19)8-14(15)20)7-13-16(24)22-18(26)23(17(13)25)12-4-2-11(21)3-5-12/h2-8H,1H3,(H,22,24,26)/b13-7+. The number of carbonyl (C=O) groups excluding carboxylic acids is 3. The maximum absolute atomic E-state index is 13.1. The van der Waals surface area contributed by atoms with E-state index >= 15 is 0 Å². The normalized spacial score (nSPS) is 15.9. The Hall–Kier alpha value is -2.52. The zero-order chi connectivity index (χ0) is 19.7. The number of hydrogen-bond acceptors (Lipinski definition) is 4. The van der Waals surface area contributed by atoms with Gasteiger partial charge in [-0.25, -0.2) is 14.1 Å². The molecular weight excluding hydrogens is 487 g/mol. The van der Waals surface area contributed by atoms with Gasteiger partial charge in [0.25, 0.3) is 11.8 Å². The van der Waals surface area contributed by atoms with E-state index < -0.39 is 23.7 Å². The predicted molar refractivity (Wildman–Crippen MR) is 104 cm³/mol. The molecule has 138 valence electrons. The highest BCUT2D eigenvalue weighted by Crippen LogP contribution is 2.34. The molecule has 0 aromatic heterocycles. The van der Waals surface area contributed by atoms with Crippen molar-refractivity contribution in [3.8, 4) is 5.75 Å². The number of methoxy groups -OCH3 is 1. The number of barbiturate groups is 1. The molecule has 0 saturated carbocycles. The number of urea groups is 1. The lowest BCUT2D eigenvalue weighted by molar-refractivity contribution is -0.122. The first kappa shape index (κ1) is 19.2. The van der Waals surface area contributed by atoms with E-state index in [-0.39, 0.29) is 11.3 Å². The van der Waals surface area contributed by atoms with Gasteiger partial charge in [-0.3, -0.25) is 14.9 Å². The van der Waals surface area contributed by atoms with Crippen LogP contribution in [0.4, 0.5) is 14.9 Å². The van der Waals surface area contributed by atoms with Crippen LogP contribution in [0.5, 0.6) is 5.75 Å². The van der Waals surface area contributed by atoms with Crippen molar-refractivity contribution >= 4 is 61.5 Å². The number of imide groups is 2. The summed E-state index contributed by atoms with van der Waals surface area (Å²) in [6.45, 7) is 0. The predicted octanol–water partition coefficient (Wildman–Crippen LogP) is 4.03. The van der Waals surface area contributed by atoms with Crippen LogP contribution in [-0.4, -0.2) is 25.0 Å². The minimum atomic E-state index is -0.906. The fraction of sp³-hybridized carbons (Fsp3) is 0.0556.